The lowest BCUT2D eigenvalue weighted by atomic mass is 10.3. The maximum absolute atomic E-state index is 10.9. The van der Waals surface area contributed by atoms with E-state index in [1.807, 2.05) is 19.1 Å². The highest BCUT2D eigenvalue weighted by Crippen LogP contribution is 2.07. The molecule has 1 aromatic rings. The highest BCUT2D eigenvalue weighted by Gasteiger charge is 2.01. The van der Waals surface area contributed by atoms with E-state index in [-0.39, 0.29) is 5.91 Å². The van der Waals surface area contributed by atoms with Gasteiger partial charge in [-0.25, -0.2) is 0 Å². The average molecular weight is 196 g/mol. The molecule has 1 heterocycles. The SMILES string of the molecule is CCc1ccc(CNCC(=O)NC)o1. The average Bonchev–Trinajstić information content (AvgIpc) is 2.65. The van der Waals surface area contributed by atoms with Gasteiger partial charge in [-0.15, -0.1) is 0 Å². The summed E-state index contributed by atoms with van der Waals surface area (Å²) in [7, 11) is 1.62. The van der Waals surface area contributed by atoms with Crippen LogP contribution >= 0.6 is 0 Å². The molecule has 0 aliphatic carbocycles. The molecular weight excluding hydrogens is 180 g/mol. The second-order valence-corrected chi connectivity index (χ2v) is 3.00. The Kier molecular flexibility index (Phi) is 4.19. The van der Waals surface area contributed by atoms with Gasteiger partial charge in [0.15, 0.2) is 0 Å². The number of carbonyl (C=O) groups excluding carboxylic acids is 1. The predicted molar refractivity (Wildman–Crippen MR) is 53.9 cm³/mol. The molecule has 14 heavy (non-hydrogen) atoms. The molecule has 0 aromatic carbocycles. The minimum absolute atomic E-state index is 0.0210. The summed E-state index contributed by atoms with van der Waals surface area (Å²) in [5, 5.41) is 5.52. The van der Waals surface area contributed by atoms with Gasteiger partial charge in [-0.3, -0.25) is 4.79 Å². The van der Waals surface area contributed by atoms with Crippen LogP contribution in [0.4, 0.5) is 0 Å². The summed E-state index contributed by atoms with van der Waals surface area (Å²) in [6.07, 6.45) is 0.898. The molecule has 0 aliphatic heterocycles. The first-order valence-corrected chi connectivity index (χ1v) is 4.75. The van der Waals surface area contributed by atoms with Gasteiger partial charge in [0, 0.05) is 13.5 Å². The van der Waals surface area contributed by atoms with Crippen molar-refractivity contribution in [1.82, 2.24) is 10.6 Å². The van der Waals surface area contributed by atoms with E-state index in [0.29, 0.717) is 13.1 Å². The highest BCUT2D eigenvalue weighted by molar-refractivity contribution is 5.77. The van der Waals surface area contributed by atoms with Crippen molar-refractivity contribution in [3.63, 3.8) is 0 Å². The van der Waals surface area contributed by atoms with Gasteiger partial charge in [0.05, 0.1) is 13.1 Å². The van der Waals surface area contributed by atoms with Crippen molar-refractivity contribution in [2.24, 2.45) is 0 Å². The number of amides is 1. The van der Waals surface area contributed by atoms with E-state index < -0.39 is 0 Å². The first-order valence-electron chi connectivity index (χ1n) is 4.75. The first kappa shape index (κ1) is 10.8. The summed E-state index contributed by atoms with van der Waals surface area (Å²) in [4.78, 5) is 10.9. The second-order valence-electron chi connectivity index (χ2n) is 3.00. The fourth-order valence-electron chi connectivity index (χ4n) is 1.09. The van der Waals surface area contributed by atoms with Gasteiger partial charge in [0.1, 0.15) is 11.5 Å². The van der Waals surface area contributed by atoms with Crippen LogP contribution in [0.3, 0.4) is 0 Å². The van der Waals surface area contributed by atoms with Crippen molar-refractivity contribution < 1.29 is 9.21 Å². The van der Waals surface area contributed by atoms with Gasteiger partial charge < -0.3 is 15.1 Å². The van der Waals surface area contributed by atoms with Crippen molar-refractivity contribution in [1.29, 1.82) is 0 Å². The van der Waals surface area contributed by atoms with E-state index in [1.165, 1.54) is 0 Å². The molecule has 0 unspecified atom stereocenters. The zero-order valence-corrected chi connectivity index (χ0v) is 8.59. The molecule has 0 saturated heterocycles. The zero-order chi connectivity index (χ0) is 10.4. The lowest BCUT2D eigenvalue weighted by molar-refractivity contribution is -0.119. The lowest BCUT2D eigenvalue weighted by Crippen LogP contribution is -2.30. The monoisotopic (exact) mass is 196 g/mol. The molecule has 2 N–H and O–H groups in total. The number of likely N-dealkylation sites (N-methyl/N-ethyl adjacent to an activating group) is 1. The number of nitrogens with one attached hydrogen (secondary N) is 2. The smallest absolute Gasteiger partial charge is 0.233 e. The normalized spacial score (nSPS) is 10.1. The molecule has 0 spiro atoms. The van der Waals surface area contributed by atoms with Crippen LogP contribution in [-0.2, 0) is 17.8 Å². The maximum Gasteiger partial charge on any atom is 0.233 e. The Labute approximate surface area is 83.7 Å². The van der Waals surface area contributed by atoms with Gasteiger partial charge >= 0.3 is 0 Å². The summed E-state index contributed by atoms with van der Waals surface area (Å²) < 4.78 is 5.45. The van der Waals surface area contributed by atoms with Crippen LogP contribution in [0.25, 0.3) is 0 Å². The van der Waals surface area contributed by atoms with Gasteiger partial charge in [-0.2, -0.15) is 0 Å². The Morgan fingerprint density at radius 1 is 1.43 bits per heavy atom. The minimum atomic E-state index is -0.0210. The summed E-state index contributed by atoms with van der Waals surface area (Å²) in [6, 6.07) is 3.88. The van der Waals surface area contributed by atoms with E-state index in [2.05, 4.69) is 10.6 Å². The Bertz CT molecular complexity index is 294. The maximum atomic E-state index is 10.9. The molecule has 4 heteroatoms. The third kappa shape index (κ3) is 3.22. The van der Waals surface area contributed by atoms with Crippen LogP contribution in [0.2, 0.25) is 0 Å². The van der Waals surface area contributed by atoms with Crippen molar-refractivity contribution in [2.45, 2.75) is 19.9 Å². The van der Waals surface area contributed by atoms with Crippen molar-refractivity contribution >= 4 is 5.91 Å². The zero-order valence-electron chi connectivity index (χ0n) is 8.59. The highest BCUT2D eigenvalue weighted by atomic mass is 16.3. The van der Waals surface area contributed by atoms with E-state index in [1.54, 1.807) is 7.05 Å². The Morgan fingerprint density at radius 3 is 2.71 bits per heavy atom. The molecule has 0 saturated carbocycles. The summed E-state index contributed by atoms with van der Waals surface area (Å²) in [5.74, 6) is 1.82. The summed E-state index contributed by atoms with van der Waals surface area (Å²) in [5.41, 5.74) is 0. The fraction of sp³-hybridized carbons (Fsp3) is 0.500. The first-order chi connectivity index (χ1) is 6.76. The van der Waals surface area contributed by atoms with Gasteiger partial charge in [-0.05, 0) is 12.1 Å². The molecule has 1 aromatic heterocycles. The van der Waals surface area contributed by atoms with Crippen LogP contribution < -0.4 is 10.6 Å². The van der Waals surface area contributed by atoms with Gasteiger partial charge in [0.25, 0.3) is 0 Å². The number of aryl methyl sites for hydroxylation is 1. The quantitative estimate of drug-likeness (QED) is 0.728. The van der Waals surface area contributed by atoms with E-state index in [4.69, 9.17) is 4.42 Å². The predicted octanol–water partition coefficient (Wildman–Crippen LogP) is 0.678. The third-order valence-electron chi connectivity index (χ3n) is 1.93. The van der Waals surface area contributed by atoms with Crippen LogP contribution in [-0.4, -0.2) is 19.5 Å². The van der Waals surface area contributed by atoms with E-state index in [9.17, 15) is 4.79 Å². The Hall–Kier alpha value is -1.29. The number of furan rings is 1. The molecule has 0 radical (unpaired) electrons. The standard InChI is InChI=1S/C10H16N2O2/c1-3-8-4-5-9(14-8)6-12-7-10(13)11-2/h4-5,12H,3,6-7H2,1-2H3,(H,11,13). The Morgan fingerprint density at radius 2 is 2.14 bits per heavy atom. The van der Waals surface area contributed by atoms with Gasteiger partial charge in [-0.1, -0.05) is 6.92 Å². The molecule has 1 amide bonds. The lowest BCUT2D eigenvalue weighted by Gasteiger charge is -2.00. The number of carbonyl (C=O) groups is 1. The van der Waals surface area contributed by atoms with Crippen LogP contribution in [0.15, 0.2) is 16.5 Å². The number of hydrogen-bond donors (Lipinski definition) is 2. The van der Waals surface area contributed by atoms with Gasteiger partial charge in [0.2, 0.25) is 5.91 Å². The summed E-state index contributed by atoms with van der Waals surface area (Å²) in [6.45, 7) is 2.95. The Balaban J connectivity index is 2.27. The van der Waals surface area contributed by atoms with Crippen LogP contribution in [0, 0.1) is 0 Å². The van der Waals surface area contributed by atoms with Crippen LogP contribution in [0.1, 0.15) is 18.4 Å². The molecular formula is C10H16N2O2. The van der Waals surface area contributed by atoms with E-state index >= 15 is 0 Å². The molecule has 0 atom stereocenters. The molecule has 0 fully saturated rings. The molecule has 1 rings (SSSR count). The summed E-state index contributed by atoms with van der Waals surface area (Å²) >= 11 is 0. The second kappa shape index (κ2) is 5.44. The van der Waals surface area contributed by atoms with Crippen molar-refractivity contribution in [2.75, 3.05) is 13.6 Å². The van der Waals surface area contributed by atoms with Crippen molar-refractivity contribution in [3.05, 3.63) is 23.7 Å². The number of rotatable bonds is 5. The molecule has 0 aliphatic rings. The van der Waals surface area contributed by atoms with E-state index in [0.717, 1.165) is 17.9 Å². The topological polar surface area (TPSA) is 54.3 Å². The molecule has 0 bridgehead atoms. The molecule has 4 nitrogen and oxygen atoms in total. The minimum Gasteiger partial charge on any atom is -0.465 e. The largest absolute Gasteiger partial charge is 0.465 e. The van der Waals surface area contributed by atoms with Crippen molar-refractivity contribution in [3.8, 4) is 0 Å². The third-order valence-corrected chi connectivity index (χ3v) is 1.93. The fourth-order valence-corrected chi connectivity index (χ4v) is 1.09. The molecule has 78 valence electrons. The van der Waals surface area contributed by atoms with Crippen LogP contribution in [0.5, 0.6) is 0 Å². The number of hydrogen-bond acceptors (Lipinski definition) is 3.